The Morgan fingerprint density at radius 3 is 3.06 bits per heavy atom. The van der Waals surface area contributed by atoms with Crippen molar-refractivity contribution in [2.24, 2.45) is 0 Å². The number of hydrogen-bond donors (Lipinski definition) is 1. The van der Waals surface area contributed by atoms with Gasteiger partial charge in [-0.15, -0.1) is 0 Å². The van der Waals surface area contributed by atoms with Crippen LogP contribution in [0, 0.1) is 0 Å². The van der Waals surface area contributed by atoms with E-state index in [1.54, 1.807) is 12.1 Å². The first-order valence-electron chi connectivity index (χ1n) is 4.95. The van der Waals surface area contributed by atoms with Crippen molar-refractivity contribution in [1.82, 2.24) is 0 Å². The van der Waals surface area contributed by atoms with Crippen molar-refractivity contribution >= 4 is 17.6 Å². The fraction of sp³-hybridized carbons (Fsp3) is 0.364. The largest absolute Gasteiger partial charge is 0.469 e. The molecule has 0 radical (unpaired) electrons. The third-order valence-electron chi connectivity index (χ3n) is 2.42. The zero-order chi connectivity index (χ0) is 12.4. The summed E-state index contributed by atoms with van der Waals surface area (Å²) < 4.78 is 14.8. The van der Waals surface area contributed by atoms with E-state index >= 15 is 0 Å². The third kappa shape index (κ3) is 2.45. The molecule has 5 nitrogen and oxygen atoms in total. The summed E-state index contributed by atoms with van der Waals surface area (Å²) in [6, 6.07) is 3.14. The van der Waals surface area contributed by atoms with Crippen LogP contribution in [0.1, 0.15) is 18.1 Å². The van der Waals surface area contributed by atoms with Gasteiger partial charge >= 0.3 is 5.97 Å². The molecular weight excluding hydrogens is 248 g/mol. The Kier molecular flexibility index (Phi) is 3.40. The van der Waals surface area contributed by atoms with Crippen LogP contribution in [0.3, 0.4) is 0 Å². The van der Waals surface area contributed by atoms with Crippen molar-refractivity contribution in [3.8, 4) is 11.5 Å². The van der Waals surface area contributed by atoms with E-state index in [0.717, 1.165) is 0 Å². The number of aliphatic hydroxyl groups excluding tert-OH is 1. The van der Waals surface area contributed by atoms with E-state index in [9.17, 15) is 9.90 Å². The molecule has 0 spiro atoms. The first-order valence-corrected chi connectivity index (χ1v) is 5.33. The van der Waals surface area contributed by atoms with E-state index < -0.39 is 12.1 Å². The summed E-state index contributed by atoms with van der Waals surface area (Å²) >= 11 is 5.96. The highest BCUT2D eigenvalue weighted by molar-refractivity contribution is 6.32. The lowest BCUT2D eigenvalue weighted by Gasteiger charge is -2.11. The number of hydrogen-bond acceptors (Lipinski definition) is 5. The molecule has 0 aliphatic carbocycles. The molecule has 92 valence electrons. The molecule has 0 bridgehead atoms. The standard InChI is InChI=1S/C11H11ClO5/c1-15-10(14)4-8(13)6-2-7(12)11-9(3-6)16-5-17-11/h2-3,8,13H,4-5H2,1H3/t8-/m0/s1. The minimum atomic E-state index is -0.977. The average molecular weight is 259 g/mol. The molecule has 17 heavy (non-hydrogen) atoms. The topological polar surface area (TPSA) is 65.0 Å². The molecule has 0 amide bonds. The first kappa shape index (κ1) is 12.0. The number of carbonyl (C=O) groups is 1. The Hall–Kier alpha value is -1.46. The summed E-state index contributed by atoms with van der Waals surface area (Å²) in [4.78, 5) is 11.0. The van der Waals surface area contributed by atoms with Gasteiger partial charge in [0.1, 0.15) is 0 Å². The van der Waals surface area contributed by atoms with Crippen molar-refractivity contribution < 1.29 is 24.1 Å². The van der Waals surface area contributed by atoms with Gasteiger partial charge in [-0.25, -0.2) is 0 Å². The number of fused-ring (bicyclic) bond motifs is 1. The summed E-state index contributed by atoms with van der Waals surface area (Å²) in [6.45, 7) is 0.103. The highest BCUT2D eigenvalue weighted by Gasteiger charge is 2.22. The van der Waals surface area contributed by atoms with Crippen molar-refractivity contribution in [2.75, 3.05) is 13.9 Å². The van der Waals surface area contributed by atoms with Gasteiger partial charge in [0.05, 0.1) is 24.7 Å². The zero-order valence-electron chi connectivity index (χ0n) is 9.10. The fourth-order valence-electron chi connectivity index (χ4n) is 1.54. The molecule has 6 heteroatoms. The van der Waals surface area contributed by atoms with Crippen molar-refractivity contribution in [1.29, 1.82) is 0 Å². The summed E-state index contributed by atoms with van der Waals surface area (Å²) in [7, 11) is 1.27. The molecule has 1 atom stereocenters. The van der Waals surface area contributed by atoms with Crippen LogP contribution in [-0.2, 0) is 9.53 Å². The SMILES string of the molecule is COC(=O)C[C@H](O)c1cc(Cl)c2c(c1)OCO2. The van der Waals surface area contributed by atoms with E-state index in [2.05, 4.69) is 4.74 Å². The Bertz CT molecular complexity index is 446. The highest BCUT2D eigenvalue weighted by atomic mass is 35.5. The number of carbonyl (C=O) groups excluding carboxylic acids is 1. The number of aliphatic hydroxyl groups is 1. The molecule has 0 saturated heterocycles. The molecule has 0 aromatic heterocycles. The van der Waals surface area contributed by atoms with E-state index in [0.29, 0.717) is 22.1 Å². The van der Waals surface area contributed by atoms with Crippen molar-refractivity contribution in [3.05, 3.63) is 22.7 Å². The maximum absolute atomic E-state index is 11.0. The molecule has 1 aliphatic rings. The maximum Gasteiger partial charge on any atom is 0.308 e. The second kappa shape index (κ2) is 4.81. The maximum atomic E-state index is 11.0. The lowest BCUT2D eigenvalue weighted by molar-refractivity contribution is -0.142. The van der Waals surface area contributed by atoms with E-state index in [4.69, 9.17) is 21.1 Å². The molecule has 1 N–H and O–H groups in total. The van der Waals surface area contributed by atoms with Crippen LogP contribution in [0.2, 0.25) is 5.02 Å². The van der Waals surface area contributed by atoms with E-state index in [-0.39, 0.29) is 13.2 Å². The minimum Gasteiger partial charge on any atom is -0.469 e. The Morgan fingerprint density at radius 2 is 2.35 bits per heavy atom. The van der Waals surface area contributed by atoms with Crippen molar-refractivity contribution in [2.45, 2.75) is 12.5 Å². The van der Waals surface area contributed by atoms with Gasteiger partial charge in [0.2, 0.25) is 6.79 Å². The van der Waals surface area contributed by atoms with E-state index in [1.165, 1.54) is 7.11 Å². The van der Waals surface area contributed by atoms with Crippen LogP contribution in [0.15, 0.2) is 12.1 Å². The highest BCUT2D eigenvalue weighted by Crippen LogP contribution is 2.41. The van der Waals surface area contributed by atoms with Crippen molar-refractivity contribution in [3.63, 3.8) is 0 Å². The second-order valence-electron chi connectivity index (χ2n) is 3.53. The lowest BCUT2D eigenvalue weighted by atomic mass is 10.1. The van der Waals surface area contributed by atoms with Crippen LogP contribution >= 0.6 is 11.6 Å². The molecule has 0 saturated carbocycles. The van der Waals surface area contributed by atoms with Crippen LogP contribution < -0.4 is 9.47 Å². The first-order chi connectivity index (χ1) is 8.11. The summed E-state index contributed by atoms with van der Waals surface area (Å²) in [6.07, 6.45) is -1.11. The van der Waals surface area contributed by atoms with Crippen LogP contribution in [0.5, 0.6) is 11.5 Å². The number of esters is 1. The van der Waals surface area contributed by atoms with Crippen LogP contribution in [-0.4, -0.2) is 25.0 Å². The molecular formula is C11H11ClO5. The van der Waals surface area contributed by atoms with Gasteiger partial charge in [0.15, 0.2) is 11.5 Å². The second-order valence-corrected chi connectivity index (χ2v) is 3.94. The van der Waals surface area contributed by atoms with Gasteiger partial charge in [0.25, 0.3) is 0 Å². The smallest absolute Gasteiger partial charge is 0.308 e. The lowest BCUT2D eigenvalue weighted by Crippen LogP contribution is -2.08. The summed E-state index contributed by atoms with van der Waals surface area (Å²) in [5, 5.41) is 10.2. The van der Waals surface area contributed by atoms with Gasteiger partial charge in [0, 0.05) is 0 Å². The van der Waals surface area contributed by atoms with Crippen LogP contribution in [0.4, 0.5) is 0 Å². The zero-order valence-corrected chi connectivity index (χ0v) is 9.86. The summed E-state index contributed by atoms with van der Waals surface area (Å²) in [5.74, 6) is 0.434. The quantitative estimate of drug-likeness (QED) is 0.836. The monoisotopic (exact) mass is 258 g/mol. The van der Waals surface area contributed by atoms with Gasteiger partial charge in [-0.2, -0.15) is 0 Å². The number of benzene rings is 1. The number of methoxy groups -OCH3 is 1. The van der Waals surface area contributed by atoms with Gasteiger partial charge in [-0.1, -0.05) is 11.6 Å². The Labute approximate surface area is 103 Å². The predicted octanol–water partition coefficient (Wildman–Crippen LogP) is 1.67. The molecule has 2 rings (SSSR count). The number of ether oxygens (including phenoxy) is 3. The van der Waals surface area contributed by atoms with Crippen LogP contribution in [0.25, 0.3) is 0 Å². The Balaban J connectivity index is 2.22. The van der Waals surface area contributed by atoms with Gasteiger partial charge < -0.3 is 19.3 Å². The number of rotatable bonds is 3. The normalized spacial score (nSPS) is 14.5. The molecule has 1 aliphatic heterocycles. The Morgan fingerprint density at radius 1 is 1.59 bits per heavy atom. The fourth-order valence-corrected chi connectivity index (χ4v) is 1.81. The molecule has 1 aromatic carbocycles. The molecule has 0 fully saturated rings. The third-order valence-corrected chi connectivity index (χ3v) is 2.70. The van der Waals surface area contributed by atoms with E-state index in [1.807, 2.05) is 0 Å². The number of halogens is 1. The molecule has 0 unspecified atom stereocenters. The average Bonchev–Trinajstić information content (AvgIpc) is 2.77. The predicted molar refractivity (Wildman–Crippen MR) is 59.2 cm³/mol. The molecule has 1 aromatic rings. The minimum absolute atomic E-state index is 0.103. The molecule has 1 heterocycles. The van der Waals surface area contributed by atoms with Gasteiger partial charge in [-0.3, -0.25) is 4.79 Å². The summed E-state index contributed by atoms with van der Waals surface area (Å²) in [5.41, 5.74) is 0.490. The van der Waals surface area contributed by atoms with Gasteiger partial charge in [-0.05, 0) is 17.7 Å².